The first-order chi connectivity index (χ1) is 13.3. The number of allylic oxidation sites excluding steroid dienone is 2. The van der Waals surface area contributed by atoms with Crippen molar-refractivity contribution in [2.45, 2.75) is 96.8 Å². The number of hydrogen-bond acceptors (Lipinski definition) is 6. The zero-order valence-corrected chi connectivity index (χ0v) is 18.5. The molecule has 0 saturated carbocycles. The lowest BCUT2D eigenvalue weighted by molar-refractivity contribution is -0.566. The van der Waals surface area contributed by atoms with Gasteiger partial charge in [0.2, 0.25) is 0 Å². The van der Waals surface area contributed by atoms with Gasteiger partial charge in [0.05, 0.1) is 13.0 Å². The van der Waals surface area contributed by atoms with Gasteiger partial charge in [-0.3, -0.25) is 5.32 Å². The molecule has 168 valence electrons. The first-order valence-corrected chi connectivity index (χ1v) is 12.2. The highest BCUT2D eigenvalue weighted by molar-refractivity contribution is 7.40. The van der Waals surface area contributed by atoms with Crippen LogP contribution in [0.5, 0.6) is 0 Å². The number of primary amides is 1. The van der Waals surface area contributed by atoms with E-state index in [0.29, 0.717) is 13.0 Å². The predicted molar refractivity (Wildman–Crippen MR) is 108 cm³/mol. The summed E-state index contributed by atoms with van der Waals surface area (Å²) in [6, 6.07) is 0. The number of phosphoric acid groups is 1. The lowest BCUT2D eigenvalue weighted by atomic mass is 10.1. The van der Waals surface area contributed by atoms with Crippen LogP contribution in [-0.2, 0) is 9.36 Å². The van der Waals surface area contributed by atoms with E-state index in [1.807, 2.05) is 0 Å². The molecule has 1 amide bonds. The zero-order chi connectivity index (χ0) is 21.5. The van der Waals surface area contributed by atoms with Crippen molar-refractivity contribution in [1.82, 2.24) is 0 Å². The summed E-state index contributed by atoms with van der Waals surface area (Å²) in [6.45, 7) is 3.58. The Kier molecular flexibility index (Phi) is 24.1. The van der Waals surface area contributed by atoms with Crippen LogP contribution >= 0.6 is 7.82 Å². The molecule has 0 unspecified atom stereocenters. The summed E-state index contributed by atoms with van der Waals surface area (Å²) >= 11 is 0. The fraction of sp³-hybridized carbons (Fsp3) is 0.850. The molecule has 0 spiro atoms. The van der Waals surface area contributed by atoms with E-state index < -0.39 is 7.82 Å². The van der Waals surface area contributed by atoms with E-state index in [2.05, 4.69) is 19.1 Å². The summed E-state index contributed by atoms with van der Waals surface area (Å²) in [5.74, 6) is 0.271. The Morgan fingerprint density at radius 3 is 1.75 bits per heavy atom. The maximum Gasteiger partial charge on any atom is 0.310 e. The van der Waals surface area contributed by atoms with E-state index in [9.17, 15) is 4.79 Å². The molecule has 0 aliphatic heterocycles. The predicted octanol–water partition coefficient (Wildman–Crippen LogP) is 1.25. The molecular weight excluding hydrogens is 379 g/mol. The molecule has 0 aromatic rings. The molecule has 7 nitrogen and oxygen atoms in total. The highest BCUT2D eigenvalue weighted by Gasteiger charge is 2.03. The minimum atomic E-state index is -5.39. The molecule has 28 heavy (non-hydrogen) atoms. The molecule has 0 aliphatic carbocycles. The van der Waals surface area contributed by atoms with Crippen LogP contribution in [0.2, 0.25) is 0 Å². The molecule has 0 aromatic heterocycles. The molecule has 0 saturated heterocycles. The van der Waals surface area contributed by atoms with Crippen molar-refractivity contribution >= 4 is 13.7 Å². The molecule has 0 aromatic carbocycles. The lowest BCUT2D eigenvalue weighted by Gasteiger charge is -2.36. The number of amides is 1. The molecule has 0 radical (unpaired) electrons. The fourth-order valence-corrected chi connectivity index (χ4v) is 2.72. The van der Waals surface area contributed by atoms with Crippen LogP contribution in [0.15, 0.2) is 12.2 Å². The van der Waals surface area contributed by atoms with E-state index in [4.69, 9.17) is 25.0 Å². The summed E-state index contributed by atoms with van der Waals surface area (Å²) < 4.78 is 8.55. The van der Waals surface area contributed by atoms with Crippen molar-refractivity contribution in [3.8, 4) is 0 Å². The molecule has 0 fully saturated rings. The minimum absolute atomic E-state index is 0.271. The third kappa shape index (κ3) is 36.4. The van der Waals surface area contributed by atoms with Crippen LogP contribution in [0.25, 0.3) is 0 Å². The van der Waals surface area contributed by atoms with Gasteiger partial charge in [0.1, 0.15) is 0 Å². The van der Waals surface area contributed by atoms with Gasteiger partial charge in [-0.25, -0.2) is 4.79 Å². The number of rotatable bonds is 17. The third-order valence-corrected chi connectivity index (χ3v) is 4.22. The lowest BCUT2D eigenvalue weighted by Crippen LogP contribution is -2.89. The SMILES string of the molecule is CCCCCCCC/C=C\CCCCCCCC(=O)[NH2+]CCN.O=P([O-])([O-])[O-]. The molecule has 0 rings (SSSR count). The van der Waals surface area contributed by atoms with Gasteiger partial charge >= 0.3 is 5.91 Å². The van der Waals surface area contributed by atoms with E-state index in [-0.39, 0.29) is 5.91 Å². The van der Waals surface area contributed by atoms with Gasteiger partial charge in [0.15, 0.2) is 0 Å². The highest BCUT2D eigenvalue weighted by atomic mass is 31.2. The van der Waals surface area contributed by atoms with E-state index in [0.717, 1.165) is 13.0 Å². The van der Waals surface area contributed by atoms with Crippen molar-refractivity contribution in [1.29, 1.82) is 0 Å². The second kappa shape index (κ2) is 22.7. The van der Waals surface area contributed by atoms with Crippen LogP contribution in [0.3, 0.4) is 0 Å². The number of quaternary nitrogens is 1. The molecule has 8 heteroatoms. The Morgan fingerprint density at radius 1 is 0.857 bits per heavy atom. The Hall–Kier alpha value is -0.560. The standard InChI is InChI=1S/C20H40N2O.H3O4P/c1-2-3-4-5-6-7-8-9-10-11-12-13-14-15-16-17-20(23)22-19-18-21;1-5(2,3)4/h9-10H,2-8,11-19,21H2,1H3,(H,22,23);(H3,1,2,3,4)/p-2/b10-9-;. The first-order valence-electron chi connectivity index (χ1n) is 10.8. The monoisotopic (exact) mass is 420 g/mol. The van der Waals surface area contributed by atoms with Gasteiger partial charge in [-0.1, -0.05) is 70.4 Å². The van der Waals surface area contributed by atoms with Gasteiger partial charge in [-0.05, 0) is 32.1 Å². The first kappa shape index (κ1) is 29.6. The molecule has 0 bridgehead atoms. The quantitative estimate of drug-likeness (QED) is 0.206. The largest absolute Gasteiger partial charge is 0.822 e. The fourth-order valence-electron chi connectivity index (χ4n) is 2.72. The summed E-state index contributed by atoms with van der Waals surface area (Å²) in [7, 11) is -5.39. The summed E-state index contributed by atoms with van der Waals surface area (Å²) in [5, 5.41) is 1.74. The van der Waals surface area contributed by atoms with Crippen LogP contribution in [0.1, 0.15) is 96.8 Å². The van der Waals surface area contributed by atoms with Crippen molar-refractivity contribution in [3.63, 3.8) is 0 Å². The van der Waals surface area contributed by atoms with Gasteiger partial charge in [0, 0.05) is 6.54 Å². The van der Waals surface area contributed by atoms with E-state index >= 15 is 0 Å². The Balaban J connectivity index is 0. The topological polar surface area (TPSA) is 146 Å². The molecule has 0 heterocycles. The third-order valence-electron chi connectivity index (χ3n) is 4.22. The van der Waals surface area contributed by atoms with Crippen molar-refractivity contribution in [2.75, 3.05) is 13.1 Å². The summed E-state index contributed by atoms with van der Waals surface area (Å²) in [5.41, 5.74) is 5.37. The Bertz CT molecular complexity index is 405. The number of hydrogen-bond donors (Lipinski definition) is 2. The van der Waals surface area contributed by atoms with Crippen LogP contribution in [-0.4, -0.2) is 19.0 Å². The highest BCUT2D eigenvalue weighted by Crippen LogP contribution is 2.09. The smallest absolute Gasteiger partial charge is 0.310 e. The van der Waals surface area contributed by atoms with E-state index in [1.54, 1.807) is 5.32 Å². The van der Waals surface area contributed by atoms with Gasteiger partial charge in [-0.2, -0.15) is 7.82 Å². The normalized spacial score (nSPS) is 11.5. The summed E-state index contributed by atoms with van der Waals surface area (Å²) in [6.07, 6.45) is 22.3. The van der Waals surface area contributed by atoms with E-state index in [1.165, 1.54) is 77.0 Å². The Labute approximate surface area is 171 Å². The summed E-state index contributed by atoms with van der Waals surface area (Å²) in [4.78, 5) is 37.1. The van der Waals surface area contributed by atoms with Crippen molar-refractivity contribution in [3.05, 3.63) is 12.2 Å². The number of carbonyl (C=O) groups is 1. The maximum atomic E-state index is 11.4. The second-order valence-electron chi connectivity index (χ2n) is 7.03. The average molecular weight is 421 g/mol. The van der Waals surface area contributed by atoms with Gasteiger partial charge in [0.25, 0.3) is 0 Å². The number of unbranched alkanes of at least 4 members (excludes halogenated alkanes) is 11. The maximum absolute atomic E-state index is 11.4. The van der Waals surface area contributed by atoms with Crippen molar-refractivity contribution < 1.29 is 29.4 Å². The van der Waals surface area contributed by atoms with Gasteiger partial charge in [-0.15, -0.1) is 0 Å². The van der Waals surface area contributed by atoms with Crippen LogP contribution < -0.4 is 25.7 Å². The Morgan fingerprint density at radius 2 is 1.29 bits per heavy atom. The molecular formula is C20H41N2O5P-2. The number of nitrogens with two attached hydrogens (primary N) is 2. The van der Waals surface area contributed by atoms with Crippen LogP contribution in [0.4, 0.5) is 0 Å². The van der Waals surface area contributed by atoms with Crippen molar-refractivity contribution in [2.24, 2.45) is 5.73 Å². The second-order valence-corrected chi connectivity index (χ2v) is 7.92. The average Bonchev–Trinajstić information content (AvgIpc) is 2.61. The minimum Gasteiger partial charge on any atom is -0.822 e. The molecule has 0 aliphatic rings. The number of carbonyl (C=O) groups excluding carboxylic acids is 1. The molecule has 0 atom stereocenters. The van der Waals surface area contributed by atoms with Crippen LogP contribution in [0, 0.1) is 0 Å². The van der Waals surface area contributed by atoms with Gasteiger partial charge < -0.3 is 25.0 Å². The zero-order valence-electron chi connectivity index (χ0n) is 17.6. The molecule has 4 N–H and O–H groups in total.